The maximum atomic E-state index is 12.4. The van der Waals surface area contributed by atoms with E-state index >= 15 is 0 Å². The van der Waals surface area contributed by atoms with Gasteiger partial charge in [-0.05, 0) is 101 Å². The highest BCUT2D eigenvalue weighted by Gasteiger charge is 2.14. The standard InChI is InChI=1S/C20H18O4.C11H8O2/c1-12-13(2)19(9-8-18(12)23-3)24-20(22)16-5-4-15-11-17(21)7-6-14(15)10-16;12-7-8-1-2-10-6-11(13)4-3-9(10)5-8/h4-11,21H,1-3H3;1-7,13H. The Labute approximate surface area is 214 Å². The van der Waals surface area contributed by atoms with Gasteiger partial charge in [-0.3, -0.25) is 4.79 Å². The Morgan fingerprint density at radius 3 is 1.81 bits per heavy atom. The average molecular weight is 495 g/mol. The van der Waals surface area contributed by atoms with Crippen molar-refractivity contribution >= 4 is 33.8 Å². The quantitative estimate of drug-likeness (QED) is 0.163. The number of aldehydes is 1. The van der Waals surface area contributed by atoms with Crippen molar-refractivity contribution in [2.45, 2.75) is 13.8 Å². The van der Waals surface area contributed by atoms with Gasteiger partial charge in [0.25, 0.3) is 0 Å². The molecule has 0 spiro atoms. The van der Waals surface area contributed by atoms with E-state index in [9.17, 15) is 19.8 Å². The third kappa shape index (κ3) is 5.70. The van der Waals surface area contributed by atoms with E-state index in [4.69, 9.17) is 9.47 Å². The number of methoxy groups -OCH3 is 1. The molecule has 5 aromatic carbocycles. The highest BCUT2D eigenvalue weighted by atomic mass is 16.5. The monoisotopic (exact) mass is 494 g/mol. The minimum Gasteiger partial charge on any atom is -0.508 e. The Kier molecular flexibility index (Phi) is 7.39. The summed E-state index contributed by atoms with van der Waals surface area (Å²) in [6, 6.07) is 24.2. The number of phenols is 2. The molecule has 5 rings (SSSR count). The largest absolute Gasteiger partial charge is 0.508 e. The summed E-state index contributed by atoms with van der Waals surface area (Å²) in [4.78, 5) is 22.9. The number of phenolic OH excluding ortho intramolecular Hbond substituents is 2. The Balaban J connectivity index is 0.000000207. The lowest BCUT2D eigenvalue weighted by molar-refractivity contribution is 0.0733. The van der Waals surface area contributed by atoms with Crippen LogP contribution >= 0.6 is 0 Å². The Morgan fingerprint density at radius 1 is 0.676 bits per heavy atom. The van der Waals surface area contributed by atoms with E-state index in [0.717, 1.165) is 44.7 Å². The Morgan fingerprint density at radius 2 is 1.19 bits per heavy atom. The van der Waals surface area contributed by atoms with Crippen molar-refractivity contribution in [3.8, 4) is 23.0 Å². The van der Waals surface area contributed by atoms with Gasteiger partial charge in [0.15, 0.2) is 0 Å². The van der Waals surface area contributed by atoms with Crippen LogP contribution in [0.1, 0.15) is 31.8 Å². The molecule has 0 saturated heterocycles. The van der Waals surface area contributed by atoms with Crippen LogP contribution in [0.15, 0.2) is 84.9 Å². The van der Waals surface area contributed by atoms with Gasteiger partial charge < -0.3 is 19.7 Å². The molecule has 0 aliphatic rings. The molecule has 0 unspecified atom stereocenters. The fourth-order valence-corrected chi connectivity index (χ4v) is 3.95. The highest BCUT2D eigenvalue weighted by molar-refractivity contribution is 5.97. The van der Waals surface area contributed by atoms with Gasteiger partial charge in [0, 0.05) is 5.56 Å². The van der Waals surface area contributed by atoms with Crippen LogP contribution < -0.4 is 9.47 Å². The average Bonchev–Trinajstić information content (AvgIpc) is 2.91. The molecule has 37 heavy (non-hydrogen) atoms. The molecule has 0 atom stereocenters. The van der Waals surface area contributed by atoms with Crippen molar-refractivity contribution in [1.82, 2.24) is 0 Å². The first-order chi connectivity index (χ1) is 17.8. The summed E-state index contributed by atoms with van der Waals surface area (Å²) < 4.78 is 10.8. The zero-order valence-corrected chi connectivity index (χ0v) is 20.7. The van der Waals surface area contributed by atoms with Crippen molar-refractivity contribution < 1.29 is 29.3 Å². The molecule has 0 saturated carbocycles. The summed E-state index contributed by atoms with van der Waals surface area (Å²) in [5.41, 5.74) is 2.92. The molecular weight excluding hydrogens is 468 g/mol. The number of hydrogen-bond acceptors (Lipinski definition) is 6. The zero-order chi connectivity index (χ0) is 26.5. The van der Waals surface area contributed by atoms with Crippen LogP contribution in [0.2, 0.25) is 0 Å². The van der Waals surface area contributed by atoms with Crippen molar-refractivity contribution in [2.75, 3.05) is 7.11 Å². The smallest absolute Gasteiger partial charge is 0.343 e. The van der Waals surface area contributed by atoms with Crippen LogP contribution in [-0.4, -0.2) is 29.6 Å². The molecule has 186 valence electrons. The molecular formula is C31H26O6. The first kappa shape index (κ1) is 25.3. The lowest BCUT2D eigenvalue weighted by atomic mass is 10.1. The van der Waals surface area contributed by atoms with E-state index in [-0.39, 0.29) is 11.5 Å². The number of hydrogen-bond donors (Lipinski definition) is 2. The molecule has 6 heteroatoms. The fraction of sp³-hybridized carbons (Fsp3) is 0.0968. The molecule has 0 radical (unpaired) electrons. The summed E-state index contributed by atoms with van der Waals surface area (Å²) in [7, 11) is 1.61. The minimum atomic E-state index is -0.419. The number of ether oxygens (including phenoxy) is 2. The highest BCUT2D eigenvalue weighted by Crippen LogP contribution is 2.30. The van der Waals surface area contributed by atoms with E-state index < -0.39 is 5.97 Å². The lowest BCUT2D eigenvalue weighted by Gasteiger charge is -2.12. The van der Waals surface area contributed by atoms with Crippen LogP contribution in [0, 0.1) is 13.8 Å². The number of carbonyl (C=O) groups excluding carboxylic acids is 2. The summed E-state index contributed by atoms with van der Waals surface area (Å²) >= 11 is 0. The van der Waals surface area contributed by atoms with E-state index in [1.54, 1.807) is 86.0 Å². The van der Waals surface area contributed by atoms with Crippen LogP contribution in [0.25, 0.3) is 21.5 Å². The summed E-state index contributed by atoms with van der Waals surface area (Å²) in [5.74, 6) is 1.30. The van der Waals surface area contributed by atoms with Gasteiger partial charge >= 0.3 is 5.97 Å². The predicted octanol–water partition coefficient (Wildman–Crippen LogP) is 6.75. The van der Waals surface area contributed by atoms with Gasteiger partial charge in [-0.1, -0.05) is 30.3 Å². The summed E-state index contributed by atoms with van der Waals surface area (Å²) in [5, 5.41) is 22.3. The topological polar surface area (TPSA) is 93.1 Å². The number of benzene rings is 5. The lowest BCUT2D eigenvalue weighted by Crippen LogP contribution is -2.09. The first-order valence-corrected chi connectivity index (χ1v) is 11.6. The van der Waals surface area contributed by atoms with Crippen molar-refractivity contribution in [3.05, 3.63) is 107 Å². The predicted molar refractivity (Wildman–Crippen MR) is 144 cm³/mol. The number of aromatic hydroxyl groups is 2. The number of carbonyl (C=O) groups is 2. The third-order valence-electron chi connectivity index (χ3n) is 6.15. The van der Waals surface area contributed by atoms with E-state index in [1.807, 2.05) is 19.9 Å². The van der Waals surface area contributed by atoms with Crippen molar-refractivity contribution in [1.29, 1.82) is 0 Å². The van der Waals surface area contributed by atoms with Gasteiger partial charge in [-0.2, -0.15) is 0 Å². The number of fused-ring (bicyclic) bond motifs is 2. The molecule has 5 aromatic rings. The van der Waals surface area contributed by atoms with Gasteiger partial charge in [0.05, 0.1) is 12.7 Å². The van der Waals surface area contributed by atoms with Crippen LogP contribution in [-0.2, 0) is 0 Å². The van der Waals surface area contributed by atoms with Gasteiger partial charge in [0.1, 0.15) is 29.3 Å². The van der Waals surface area contributed by atoms with Gasteiger partial charge in [0.2, 0.25) is 0 Å². The molecule has 0 fully saturated rings. The van der Waals surface area contributed by atoms with E-state index in [0.29, 0.717) is 16.9 Å². The van der Waals surface area contributed by atoms with Crippen molar-refractivity contribution in [3.63, 3.8) is 0 Å². The van der Waals surface area contributed by atoms with E-state index in [1.165, 1.54) is 0 Å². The number of esters is 1. The second kappa shape index (κ2) is 10.8. The first-order valence-electron chi connectivity index (χ1n) is 11.6. The molecule has 0 aromatic heterocycles. The molecule has 0 bridgehead atoms. The normalized spacial score (nSPS) is 10.5. The SMILES string of the molecule is COc1ccc(OC(=O)c2ccc3cc(O)ccc3c2)c(C)c1C.O=Cc1ccc2cc(O)ccc2c1. The fourth-order valence-electron chi connectivity index (χ4n) is 3.95. The maximum absolute atomic E-state index is 12.4. The van der Waals surface area contributed by atoms with Crippen LogP contribution in [0.4, 0.5) is 0 Å². The second-order valence-electron chi connectivity index (χ2n) is 8.56. The van der Waals surface area contributed by atoms with Crippen LogP contribution in [0.5, 0.6) is 23.0 Å². The van der Waals surface area contributed by atoms with Gasteiger partial charge in [-0.25, -0.2) is 4.79 Å². The summed E-state index contributed by atoms with van der Waals surface area (Å²) in [6.07, 6.45) is 0.812. The van der Waals surface area contributed by atoms with Crippen molar-refractivity contribution in [2.24, 2.45) is 0 Å². The second-order valence-corrected chi connectivity index (χ2v) is 8.56. The Bertz CT molecular complexity index is 1620. The third-order valence-corrected chi connectivity index (χ3v) is 6.15. The van der Waals surface area contributed by atoms with E-state index in [2.05, 4.69) is 0 Å². The molecule has 6 nitrogen and oxygen atoms in total. The van der Waals surface area contributed by atoms with Crippen LogP contribution in [0.3, 0.4) is 0 Å². The molecule has 0 amide bonds. The zero-order valence-electron chi connectivity index (χ0n) is 20.7. The Hall–Kier alpha value is -4.84. The molecule has 0 aliphatic heterocycles. The minimum absolute atomic E-state index is 0.196. The maximum Gasteiger partial charge on any atom is 0.343 e. The van der Waals surface area contributed by atoms with Gasteiger partial charge in [-0.15, -0.1) is 0 Å². The molecule has 0 heterocycles. The molecule has 2 N–H and O–H groups in total. The summed E-state index contributed by atoms with van der Waals surface area (Å²) in [6.45, 7) is 3.82. The number of rotatable bonds is 4. The molecule has 0 aliphatic carbocycles.